The predicted molar refractivity (Wildman–Crippen MR) is 97.1 cm³/mol. The minimum Gasteiger partial charge on any atom is -0.355 e. The van der Waals surface area contributed by atoms with Crippen LogP contribution in [-0.4, -0.2) is 29.5 Å². The molecule has 0 aliphatic heterocycles. The van der Waals surface area contributed by atoms with E-state index in [2.05, 4.69) is 34.7 Å². The van der Waals surface area contributed by atoms with Crippen LogP contribution in [0.4, 0.5) is 0 Å². The van der Waals surface area contributed by atoms with Gasteiger partial charge < -0.3 is 10.6 Å². The molecule has 0 saturated heterocycles. The first-order valence-corrected chi connectivity index (χ1v) is 8.95. The predicted octanol–water partition coefficient (Wildman–Crippen LogP) is 2.47. The van der Waals surface area contributed by atoms with E-state index in [1.165, 1.54) is 11.1 Å². The van der Waals surface area contributed by atoms with Gasteiger partial charge in [-0.15, -0.1) is 0 Å². The molecule has 2 rings (SSSR count). The number of benzene rings is 2. The zero-order valence-electron chi connectivity index (χ0n) is 13.6. The van der Waals surface area contributed by atoms with Gasteiger partial charge in [-0.1, -0.05) is 42.5 Å². The molecule has 5 heteroatoms. The summed E-state index contributed by atoms with van der Waals surface area (Å²) in [5.41, 5.74) is 2.49. The van der Waals surface area contributed by atoms with Gasteiger partial charge in [0, 0.05) is 30.8 Å². The van der Waals surface area contributed by atoms with Crippen LogP contribution in [0.15, 0.2) is 64.5 Å². The lowest BCUT2D eigenvalue weighted by atomic mass is 10.1. The van der Waals surface area contributed by atoms with Gasteiger partial charge in [-0.3, -0.25) is 9.20 Å². The maximum Gasteiger partial charge on any atom is 0.191 e. The summed E-state index contributed by atoms with van der Waals surface area (Å²) in [7, 11) is 0.747. The third-order valence-corrected chi connectivity index (χ3v) is 4.89. The molecule has 1 unspecified atom stereocenters. The van der Waals surface area contributed by atoms with Crippen molar-refractivity contribution >= 4 is 16.8 Å². The van der Waals surface area contributed by atoms with Gasteiger partial charge in [-0.05, 0) is 30.2 Å². The first kappa shape index (κ1) is 17.2. The zero-order valence-corrected chi connectivity index (χ0v) is 14.4. The van der Waals surface area contributed by atoms with E-state index < -0.39 is 10.8 Å². The van der Waals surface area contributed by atoms with Crippen molar-refractivity contribution in [2.75, 3.05) is 19.3 Å². The largest absolute Gasteiger partial charge is 0.355 e. The molecule has 0 heterocycles. The Morgan fingerprint density at radius 2 is 1.74 bits per heavy atom. The smallest absolute Gasteiger partial charge is 0.191 e. The van der Waals surface area contributed by atoms with Crippen LogP contribution in [-0.2, 0) is 17.3 Å². The molecule has 122 valence electrons. The number of aliphatic imine (C=N–C) groups is 1. The van der Waals surface area contributed by atoms with Crippen LogP contribution in [0.1, 0.15) is 11.1 Å². The summed E-state index contributed by atoms with van der Waals surface area (Å²) in [6.45, 7) is 3.42. The van der Waals surface area contributed by atoms with Gasteiger partial charge in [-0.2, -0.15) is 0 Å². The number of rotatable bonds is 6. The maximum atomic E-state index is 12.1. The second-order valence-electron chi connectivity index (χ2n) is 5.14. The van der Waals surface area contributed by atoms with E-state index in [-0.39, 0.29) is 0 Å². The fourth-order valence-electron chi connectivity index (χ4n) is 2.16. The van der Waals surface area contributed by atoms with E-state index in [4.69, 9.17) is 0 Å². The summed E-state index contributed by atoms with van der Waals surface area (Å²) in [6.07, 6.45) is 0. The van der Waals surface area contributed by atoms with E-state index in [0.29, 0.717) is 18.8 Å². The molecule has 2 aromatic carbocycles. The number of aryl methyl sites for hydroxylation is 1. The molecular weight excluding hydrogens is 306 g/mol. The minimum absolute atomic E-state index is 0.551. The average molecular weight is 329 g/mol. The number of nitrogens with zero attached hydrogens (tertiary/aromatic N) is 1. The number of nitrogens with one attached hydrogen (secondary N) is 2. The van der Waals surface area contributed by atoms with Gasteiger partial charge in [0.15, 0.2) is 5.96 Å². The molecule has 4 nitrogen and oxygen atoms in total. The van der Waals surface area contributed by atoms with Crippen molar-refractivity contribution in [3.05, 3.63) is 65.7 Å². The van der Waals surface area contributed by atoms with E-state index in [1.807, 2.05) is 42.5 Å². The Morgan fingerprint density at radius 3 is 2.43 bits per heavy atom. The molecule has 0 saturated carbocycles. The van der Waals surface area contributed by atoms with Crippen molar-refractivity contribution in [3.63, 3.8) is 0 Å². The highest BCUT2D eigenvalue weighted by Gasteiger charge is 2.04. The van der Waals surface area contributed by atoms with Crippen molar-refractivity contribution in [1.29, 1.82) is 0 Å². The summed E-state index contributed by atoms with van der Waals surface area (Å²) in [6, 6.07) is 17.8. The summed E-state index contributed by atoms with van der Waals surface area (Å²) in [4.78, 5) is 5.06. The van der Waals surface area contributed by atoms with Crippen LogP contribution < -0.4 is 10.6 Å². The standard InChI is InChI=1S/C18H23N3OS/c1-15-8-6-7-9-16(15)14-21-18(19-2)20-12-13-23(22)17-10-4-3-5-11-17/h3-11H,12-14H2,1-2H3,(H2,19,20,21). The van der Waals surface area contributed by atoms with Crippen molar-refractivity contribution in [2.45, 2.75) is 18.4 Å². The van der Waals surface area contributed by atoms with Crippen LogP contribution in [0.3, 0.4) is 0 Å². The van der Waals surface area contributed by atoms with E-state index >= 15 is 0 Å². The SMILES string of the molecule is CN=C(NCCS(=O)c1ccccc1)NCc1ccccc1C. The third-order valence-electron chi connectivity index (χ3n) is 3.52. The molecule has 2 N–H and O–H groups in total. The first-order valence-electron chi connectivity index (χ1n) is 7.63. The Morgan fingerprint density at radius 1 is 1.04 bits per heavy atom. The molecule has 0 amide bonds. The number of hydrogen-bond donors (Lipinski definition) is 2. The second-order valence-corrected chi connectivity index (χ2v) is 6.71. The van der Waals surface area contributed by atoms with Gasteiger partial charge in [0.05, 0.1) is 10.8 Å². The average Bonchev–Trinajstić information content (AvgIpc) is 2.59. The summed E-state index contributed by atoms with van der Waals surface area (Å²) in [5, 5.41) is 6.49. The molecule has 0 bridgehead atoms. The molecule has 0 fully saturated rings. The Labute approximate surface area is 140 Å². The van der Waals surface area contributed by atoms with Gasteiger partial charge in [0.1, 0.15) is 0 Å². The van der Waals surface area contributed by atoms with Gasteiger partial charge in [-0.25, -0.2) is 0 Å². The Kier molecular flexibility index (Phi) is 6.81. The summed E-state index contributed by atoms with van der Waals surface area (Å²) >= 11 is 0. The quantitative estimate of drug-likeness (QED) is 0.632. The van der Waals surface area contributed by atoms with Gasteiger partial charge in [0.25, 0.3) is 0 Å². The van der Waals surface area contributed by atoms with E-state index in [0.717, 1.165) is 10.9 Å². The molecule has 0 aliphatic rings. The number of hydrogen-bond acceptors (Lipinski definition) is 2. The van der Waals surface area contributed by atoms with Crippen LogP contribution in [0.2, 0.25) is 0 Å². The monoisotopic (exact) mass is 329 g/mol. The van der Waals surface area contributed by atoms with Crippen molar-refractivity contribution < 1.29 is 4.21 Å². The molecular formula is C18H23N3OS. The fraction of sp³-hybridized carbons (Fsp3) is 0.278. The van der Waals surface area contributed by atoms with Crippen LogP contribution in [0.5, 0.6) is 0 Å². The zero-order chi connectivity index (χ0) is 16.5. The highest BCUT2D eigenvalue weighted by Crippen LogP contribution is 2.06. The van der Waals surface area contributed by atoms with Crippen LogP contribution in [0, 0.1) is 6.92 Å². The topological polar surface area (TPSA) is 53.5 Å². The molecule has 1 atom stereocenters. The fourth-order valence-corrected chi connectivity index (χ4v) is 3.14. The lowest BCUT2D eigenvalue weighted by Gasteiger charge is -2.13. The van der Waals surface area contributed by atoms with Crippen molar-refractivity contribution in [3.8, 4) is 0 Å². The second kappa shape index (κ2) is 9.10. The van der Waals surface area contributed by atoms with Crippen molar-refractivity contribution in [2.24, 2.45) is 4.99 Å². The highest BCUT2D eigenvalue weighted by molar-refractivity contribution is 7.85. The minimum atomic E-state index is -0.991. The molecule has 23 heavy (non-hydrogen) atoms. The van der Waals surface area contributed by atoms with E-state index in [1.54, 1.807) is 7.05 Å². The Balaban J connectivity index is 1.77. The van der Waals surface area contributed by atoms with Crippen molar-refractivity contribution in [1.82, 2.24) is 10.6 Å². The third kappa shape index (κ3) is 5.53. The molecule has 2 aromatic rings. The van der Waals surface area contributed by atoms with E-state index in [9.17, 15) is 4.21 Å². The highest BCUT2D eigenvalue weighted by atomic mass is 32.2. The summed E-state index contributed by atoms with van der Waals surface area (Å²) < 4.78 is 12.1. The maximum absolute atomic E-state index is 12.1. The molecule has 0 aromatic heterocycles. The van der Waals surface area contributed by atoms with Gasteiger partial charge >= 0.3 is 0 Å². The summed E-state index contributed by atoms with van der Waals surface area (Å²) in [5.74, 6) is 1.27. The van der Waals surface area contributed by atoms with Crippen LogP contribution in [0.25, 0.3) is 0 Å². The molecule has 0 aliphatic carbocycles. The molecule has 0 radical (unpaired) electrons. The van der Waals surface area contributed by atoms with Gasteiger partial charge in [0.2, 0.25) is 0 Å². The normalized spacial score (nSPS) is 12.7. The lowest BCUT2D eigenvalue weighted by Crippen LogP contribution is -2.38. The first-order chi connectivity index (χ1) is 11.2. The Bertz CT molecular complexity index is 671. The van der Waals surface area contributed by atoms with Crippen LogP contribution >= 0.6 is 0 Å². The number of guanidine groups is 1. The molecule has 0 spiro atoms. The lowest BCUT2D eigenvalue weighted by molar-refractivity contribution is 0.681. The Hall–Kier alpha value is -2.14.